The second-order valence-corrected chi connectivity index (χ2v) is 6.14. The Morgan fingerprint density at radius 3 is 3.13 bits per heavy atom. The Hall–Kier alpha value is -2.60. The Labute approximate surface area is 132 Å². The molecule has 2 heterocycles. The number of carbonyl (C=O) groups is 1. The molecule has 1 unspecified atom stereocenters. The summed E-state index contributed by atoms with van der Waals surface area (Å²) in [5, 5.41) is 14.9. The number of nitrogens with zero attached hydrogens (tertiary/aromatic N) is 2. The molecule has 0 saturated carbocycles. The Balaban J connectivity index is 1.85. The van der Waals surface area contributed by atoms with Crippen molar-refractivity contribution in [2.75, 3.05) is 5.73 Å². The molecule has 4 rings (SSSR count). The standard InChI is InChI=1S/C17H18N4O2/c1-9-7-12-11(3-2-4-14(12)19-9)17(23)21-15-6-5-10(22)8-13(15)16(18)20-21/h2-4,7,10,19,22H,5-6,8H2,1H3,(H2,18,20). The van der Waals surface area contributed by atoms with Crippen LogP contribution in [0.4, 0.5) is 5.82 Å². The molecule has 2 aromatic heterocycles. The SMILES string of the molecule is Cc1cc2c(C(=O)n3nc(N)c4c3CCC(O)C4)cccc2[nH]1. The van der Waals surface area contributed by atoms with Crippen molar-refractivity contribution in [2.45, 2.75) is 32.3 Å². The first-order chi connectivity index (χ1) is 11.0. The van der Waals surface area contributed by atoms with E-state index in [9.17, 15) is 9.90 Å². The highest BCUT2D eigenvalue weighted by Gasteiger charge is 2.27. The number of nitrogens with one attached hydrogen (secondary N) is 1. The lowest BCUT2D eigenvalue weighted by molar-refractivity contribution is 0.0938. The Morgan fingerprint density at radius 1 is 1.48 bits per heavy atom. The van der Waals surface area contributed by atoms with Gasteiger partial charge in [-0.3, -0.25) is 4.79 Å². The van der Waals surface area contributed by atoms with Crippen LogP contribution in [-0.4, -0.2) is 31.9 Å². The van der Waals surface area contributed by atoms with Crippen LogP contribution in [0.5, 0.6) is 0 Å². The average Bonchev–Trinajstić information content (AvgIpc) is 3.06. The van der Waals surface area contributed by atoms with E-state index in [1.807, 2.05) is 25.1 Å². The lowest BCUT2D eigenvalue weighted by Gasteiger charge is -2.18. The molecule has 1 aromatic carbocycles. The maximum absolute atomic E-state index is 13.0. The first-order valence-corrected chi connectivity index (χ1v) is 7.72. The number of carbonyl (C=O) groups excluding carboxylic acids is 1. The summed E-state index contributed by atoms with van der Waals surface area (Å²) in [4.78, 5) is 16.2. The van der Waals surface area contributed by atoms with Gasteiger partial charge in [-0.25, -0.2) is 0 Å². The average molecular weight is 310 g/mol. The van der Waals surface area contributed by atoms with E-state index in [0.717, 1.165) is 27.9 Å². The number of aromatic amines is 1. The van der Waals surface area contributed by atoms with Gasteiger partial charge in [0.2, 0.25) is 0 Å². The summed E-state index contributed by atoms with van der Waals surface area (Å²) in [6, 6.07) is 7.57. The quantitative estimate of drug-likeness (QED) is 0.638. The van der Waals surface area contributed by atoms with E-state index in [1.54, 1.807) is 6.07 Å². The number of aromatic nitrogens is 3. The molecule has 0 fully saturated rings. The number of fused-ring (bicyclic) bond motifs is 2. The molecule has 6 heteroatoms. The molecule has 4 N–H and O–H groups in total. The fourth-order valence-electron chi connectivity index (χ4n) is 3.39. The van der Waals surface area contributed by atoms with E-state index in [-0.39, 0.29) is 5.91 Å². The van der Waals surface area contributed by atoms with Crippen LogP contribution < -0.4 is 5.73 Å². The predicted octanol–water partition coefficient (Wildman–Crippen LogP) is 1.79. The number of aliphatic hydroxyl groups is 1. The van der Waals surface area contributed by atoms with Gasteiger partial charge in [-0.1, -0.05) is 6.07 Å². The van der Waals surface area contributed by atoms with E-state index in [0.29, 0.717) is 30.6 Å². The zero-order chi connectivity index (χ0) is 16.1. The number of aliphatic hydroxyl groups excluding tert-OH is 1. The molecule has 0 radical (unpaired) electrons. The van der Waals surface area contributed by atoms with E-state index in [1.165, 1.54) is 4.68 Å². The van der Waals surface area contributed by atoms with Gasteiger partial charge in [-0.2, -0.15) is 4.68 Å². The van der Waals surface area contributed by atoms with E-state index in [2.05, 4.69) is 10.1 Å². The number of rotatable bonds is 1. The summed E-state index contributed by atoms with van der Waals surface area (Å²) < 4.78 is 1.41. The minimum absolute atomic E-state index is 0.182. The fourth-order valence-corrected chi connectivity index (χ4v) is 3.39. The van der Waals surface area contributed by atoms with Gasteiger partial charge < -0.3 is 15.8 Å². The highest BCUT2D eigenvalue weighted by molar-refractivity contribution is 6.07. The number of benzene rings is 1. The monoisotopic (exact) mass is 310 g/mol. The topological polar surface area (TPSA) is 96.9 Å². The lowest BCUT2D eigenvalue weighted by Crippen LogP contribution is -2.23. The minimum atomic E-state index is -0.409. The van der Waals surface area contributed by atoms with Crippen LogP contribution in [0.2, 0.25) is 0 Å². The molecule has 1 aliphatic rings. The van der Waals surface area contributed by atoms with Gasteiger partial charge in [0.05, 0.1) is 17.4 Å². The zero-order valence-corrected chi connectivity index (χ0v) is 12.8. The maximum atomic E-state index is 13.0. The second kappa shape index (κ2) is 4.96. The minimum Gasteiger partial charge on any atom is -0.393 e. The largest absolute Gasteiger partial charge is 0.393 e. The van der Waals surface area contributed by atoms with Gasteiger partial charge in [0.1, 0.15) is 5.82 Å². The third-order valence-electron chi connectivity index (χ3n) is 4.50. The Bertz CT molecular complexity index is 922. The van der Waals surface area contributed by atoms with E-state index < -0.39 is 6.10 Å². The van der Waals surface area contributed by atoms with Crippen molar-refractivity contribution in [3.05, 3.63) is 46.8 Å². The van der Waals surface area contributed by atoms with E-state index in [4.69, 9.17) is 5.73 Å². The highest BCUT2D eigenvalue weighted by atomic mass is 16.3. The van der Waals surface area contributed by atoms with Crippen LogP contribution in [-0.2, 0) is 12.8 Å². The summed E-state index contributed by atoms with van der Waals surface area (Å²) in [7, 11) is 0. The van der Waals surface area contributed by atoms with Crippen LogP contribution >= 0.6 is 0 Å². The van der Waals surface area contributed by atoms with Crippen LogP contribution in [0.3, 0.4) is 0 Å². The molecular weight excluding hydrogens is 292 g/mol. The van der Waals surface area contributed by atoms with E-state index >= 15 is 0 Å². The van der Waals surface area contributed by atoms with Crippen molar-refractivity contribution in [3.8, 4) is 0 Å². The molecule has 0 amide bonds. The van der Waals surface area contributed by atoms with Gasteiger partial charge in [0.15, 0.2) is 0 Å². The molecule has 1 atom stereocenters. The number of hydrogen-bond acceptors (Lipinski definition) is 4. The predicted molar refractivity (Wildman–Crippen MR) is 87.4 cm³/mol. The Morgan fingerprint density at radius 2 is 2.30 bits per heavy atom. The van der Waals surface area contributed by atoms with Gasteiger partial charge in [0.25, 0.3) is 5.91 Å². The van der Waals surface area contributed by atoms with Crippen molar-refractivity contribution in [1.29, 1.82) is 0 Å². The molecule has 0 bridgehead atoms. The van der Waals surface area contributed by atoms with Crippen molar-refractivity contribution in [1.82, 2.24) is 14.8 Å². The molecule has 0 saturated heterocycles. The zero-order valence-electron chi connectivity index (χ0n) is 12.8. The maximum Gasteiger partial charge on any atom is 0.279 e. The Kier molecular flexibility index (Phi) is 3.02. The van der Waals surface area contributed by atoms with Crippen molar-refractivity contribution < 1.29 is 9.90 Å². The molecule has 0 spiro atoms. The molecule has 6 nitrogen and oxygen atoms in total. The number of hydrogen-bond donors (Lipinski definition) is 3. The van der Waals surface area contributed by atoms with Gasteiger partial charge in [-0.05, 0) is 38.0 Å². The molecule has 23 heavy (non-hydrogen) atoms. The summed E-state index contributed by atoms with van der Waals surface area (Å²) >= 11 is 0. The fraction of sp³-hybridized carbons (Fsp3) is 0.294. The van der Waals surface area contributed by atoms with Crippen molar-refractivity contribution >= 4 is 22.6 Å². The van der Waals surface area contributed by atoms with Crippen LogP contribution in [0.15, 0.2) is 24.3 Å². The number of nitrogen functional groups attached to an aromatic ring is 1. The van der Waals surface area contributed by atoms with Crippen LogP contribution in [0.1, 0.15) is 33.7 Å². The van der Waals surface area contributed by atoms with Crippen molar-refractivity contribution in [3.63, 3.8) is 0 Å². The number of anilines is 1. The van der Waals surface area contributed by atoms with Gasteiger partial charge >= 0.3 is 0 Å². The third-order valence-corrected chi connectivity index (χ3v) is 4.50. The molecular formula is C17H18N4O2. The lowest BCUT2D eigenvalue weighted by atomic mass is 9.94. The molecule has 1 aliphatic carbocycles. The van der Waals surface area contributed by atoms with Gasteiger partial charge in [0, 0.05) is 28.6 Å². The number of nitrogens with two attached hydrogens (primary N) is 1. The van der Waals surface area contributed by atoms with Crippen LogP contribution in [0, 0.1) is 6.92 Å². The summed E-state index contributed by atoms with van der Waals surface area (Å²) in [5.74, 6) is 0.156. The summed E-state index contributed by atoms with van der Waals surface area (Å²) in [6.07, 6.45) is 1.28. The van der Waals surface area contributed by atoms with Crippen molar-refractivity contribution in [2.24, 2.45) is 0 Å². The van der Waals surface area contributed by atoms with Crippen LogP contribution in [0.25, 0.3) is 10.9 Å². The second-order valence-electron chi connectivity index (χ2n) is 6.14. The number of H-pyrrole nitrogens is 1. The smallest absolute Gasteiger partial charge is 0.279 e. The first kappa shape index (κ1) is 14.0. The molecule has 0 aliphatic heterocycles. The third kappa shape index (κ3) is 2.14. The normalized spacial score (nSPS) is 17.4. The molecule has 118 valence electrons. The first-order valence-electron chi connectivity index (χ1n) is 7.72. The van der Waals surface area contributed by atoms with Gasteiger partial charge in [-0.15, -0.1) is 5.10 Å². The molecule has 3 aromatic rings. The highest BCUT2D eigenvalue weighted by Crippen LogP contribution is 2.28. The summed E-state index contributed by atoms with van der Waals surface area (Å²) in [5.41, 5.74) is 10.1. The summed E-state index contributed by atoms with van der Waals surface area (Å²) in [6.45, 7) is 1.96. The number of aryl methyl sites for hydroxylation is 1.